The third kappa shape index (κ3) is 2.40. The largest absolute Gasteiger partial charge is 0.497 e. The summed E-state index contributed by atoms with van der Waals surface area (Å²) in [7, 11) is 3.46. The minimum absolute atomic E-state index is 0.713. The Kier molecular flexibility index (Phi) is 3.20. The van der Waals surface area contributed by atoms with Crippen molar-refractivity contribution in [1.29, 1.82) is 0 Å². The first-order valence-corrected chi connectivity index (χ1v) is 4.05. The van der Waals surface area contributed by atoms with Gasteiger partial charge in [0.15, 0.2) is 0 Å². The molecular weight excluding hydrogens is 164 g/mol. The van der Waals surface area contributed by atoms with Gasteiger partial charge in [-0.1, -0.05) is 0 Å². The Hall–Kier alpha value is -1.64. The molecule has 0 amide bonds. The Morgan fingerprint density at radius 2 is 2.00 bits per heavy atom. The molecular formula is C10H14N2O. The second kappa shape index (κ2) is 4.40. The zero-order valence-electron chi connectivity index (χ0n) is 7.87. The molecule has 0 saturated heterocycles. The molecule has 0 spiro atoms. The number of methoxy groups -OCH3 is 1. The lowest BCUT2D eigenvalue weighted by molar-refractivity contribution is 0.415. The minimum atomic E-state index is 0.713. The van der Waals surface area contributed by atoms with Crippen LogP contribution in [0.25, 0.3) is 5.70 Å². The van der Waals surface area contributed by atoms with Crippen LogP contribution in [0.15, 0.2) is 30.5 Å². The second-order valence-electron chi connectivity index (χ2n) is 2.62. The van der Waals surface area contributed by atoms with Gasteiger partial charge in [0.05, 0.1) is 12.8 Å². The first kappa shape index (κ1) is 9.45. The van der Waals surface area contributed by atoms with Crippen molar-refractivity contribution < 1.29 is 4.74 Å². The molecule has 0 radical (unpaired) electrons. The lowest BCUT2D eigenvalue weighted by Gasteiger charge is -2.03. The molecule has 3 N–H and O–H groups in total. The first-order valence-electron chi connectivity index (χ1n) is 4.05. The molecule has 3 heteroatoms. The van der Waals surface area contributed by atoms with Gasteiger partial charge in [0.2, 0.25) is 0 Å². The van der Waals surface area contributed by atoms with Gasteiger partial charge in [-0.3, -0.25) is 0 Å². The topological polar surface area (TPSA) is 47.3 Å². The fourth-order valence-electron chi connectivity index (χ4n) is 1.02. The highest BCUT2D eigenvalue weighted by atomic mass is 16.5. The Morgan fingerprint density at radius 1 is 1.38 bits per heavy atom. The van der Waals surface area contributed by atoms with Gasteiger partial charge in [-0.2, -0.15) is 0 Å². The predicted molar refractivity (Wildman–Crippen MR) is 54.2 cm³/mol. The van der Waals surface area contributed by atoms with Gasteiger partial charge in [-0.15, -0.1) is 0 Å². The number of ether oxygens (including phenoxy) is 1. The summed E-state index contributed by atoms with van der Waals surface area (Å²) < 4.78 is 5.03. The van der Waals surface area contributed by atoms with E-state index >= 15 is 0 Å². The third-order valence-electron chi connectivity index (χ3n) is 1.72. The number of nitrogens with two attached hydrogens (primary N) is 1. The number of hydrogen-bond donors (Lipinski definition) is 2. The average molecular weight is 178 g/mol. The summed E-state index contributed by atoms with van der Waals surface area (Å²) in [5.41, 5.74) is 7.45. The van der Waals surface area contributed by atoms with E-state index < -0.39 is 0 Å². The van der Waals surface area contributed by atoms with E-state index in [9.17, 15) is 0 Å². The summed E-state index contributed by atoms with van der Waals surface area (Å²) in [6.45, 7) is 0. The summed E-state index contributed by atoms with van der Waals surface area (Å²) in [5.74, 6) is 0.834. The van der Waals surface area contributed by atoms with Gasteiger partial charge in [0.25, 0.3) is 0 Å². The quantitative estimate of drug-likeness (QED) is 0.730. The molecule has 0 aliphatic rings. The van der Waals surface area contributed by atoms with Gasteiger partial charge in [0.1, 0.15) is 5.75 Å². The van der Waals surface area contributed by atoms with Gasteiger partial charge >= 0.3 is 0 Å². The van der Waals surface area contributed by atoms with Gasteiger partial charge in [0, 0.05) is 13.2 Å². The molecule has 0 atom stereocenters. The van der Waals surface area contributed by atoms with Gasteiger partial charge < -0.3 is 15.8 Å². The van der Waals surface area contributed by atoms with Gasteiger partial charge in [-0.25, -0.2) is 0 Å². The van der Waals surface area contributed by atoms with E-state index in [1.165, 1.54) is 0 Å². The second-order valence-corrected chi connectivity index (χ2v) is 2.62. The zero-order chi connectivity index (χ0) is 9.68. The number of hydrogen-bond acceptors (Lipinski definition) is 3. The molecule has 0 fully saturated rings. The number of benzene rings is 1. The van der Waals surface area contributed by atoms with Crippen molar-refractivity contribution in [3.63, 3.8) is 0 Å². The van der Waals surface area contributed by atoms with Crippen molar-refractivity contribution in [1.82, 2.24) is 5.32 Å². The van der Waals surface area contributed by atoms with Crippen LogP contribution in [0, 0.1) is 0 Å². The maximum Gasteiger partial charge on any atom is 0.118 e. The highest BCUT2D eigenvalue weighted by molar-refractivity contribution is 5.62. The van der Waals surface area contributed by atoms with Crippen LogP contribution in [-0.4, -0.2) is 14.2 Å². The van der Waals surface area contributed by atoms with Crippen molar-refractivity contribution >= 4 is 5.70 Å². The summed E-state index contributed by atoms with van der Waals surface area (Å²) >= 11 is 0. The first-order chi connectivity index (χ1) is 6.27. The lowest BCUT2D eigenvalue weighted by Crippen LogP contribution is -2.02. The van der Waals surface area contributed by atoms with Crippen molar-refractivity contribution in [2.24, 2.45) is 5.73 Å². The van der Waals surface area contributed by atoms with Crippen molar-refractivity contribution in [2.75, 3.05) is 14.2 Å². The third-order valence-corrected chi connectivity index (χ3v) is 1.72. The smallest absolute Gasteiger partial charge is 0.118 e. The summed E-state index contributed by atoms with van der Waals surface area (Å²) in [6, 6.07) is 7.60. The Morgan fingerprint density at radius 3 is 2.46 bits per heavy atom. The van der Waals surface area contributed by atoms with Gasteiger partial charge in [-0.05, 0) is 29.8 Å². The fourth-order valence-corrected chi connectivity index (χ4v) is 1.02. The van der Waals surface area contributed by atoms with Crippen LogP contribution in [0.1, 0.15) is 5.56 Å². The Balaban J connectivity index is 2.85. The van der Waals surface area contributed by atoms with Crippen LogP contribution < -0.4 is 15.8 Å². The summed E-state index contributed by atoms with van der Waals surface area (Å²) in [4.78, 5) is 0. The molecule has 0 heterocycles. The Labute approximate surface area is 78.2 Å². The standard InChI is InChI=1S/C10H14N2O/c1-12-7-10(11)8-3-5-9(13-2)6-4-8/h3-7,12H,11H2,1-2H3/b10-7-. The SMILES string of the molecule is CN/C=C(\N)c1ccc(OC)cc1. The average Bonchev–Trinajstić information content (AvgIpc) is 2.18. The minimum Gasteiger partial charge on any atom is -0.497 e. The van der Waals surface area contributed by atoms with Crippen LogP contribution in [0.4, 0.5) is 0 Å². The van der Waals surface area contributed by atoms with Crippen molar-refractivity contribution in [3.8, 4) is 5.75 Å². The van der Waals surface area contributed by atoms with E-state index in [2.05, 4.69) is 5.32 Å². The predicted octanol–water partition coefficient (Wildman–Crippen LogP) is 1.17. The molecule has 1 aromatic rings. The number of rotatable bonds is 3. The van der Waals surface area contributed by atoms with Crippen LogP contribution in [0.3, 0.4) is 0 Å². The highest BCUT2D eigenvalue weighted by Gasteiger charge is 1.95. The maximum atomic E-state index is 5.75. The van der Waals surface area contributed by atoms with E-state index in [4.69, 9.17) is 10.5 Å². The molecule has 13 heavy (non-hydrogen) atoms. The molecule has 0 bridgehead atoms. The molecule has 70 valence electrons. The van der Waals surface area contributed by atoms with Crippen molar-refractivity contribution in [2.45, 2.75) is 0 Å². The van der Waals surface area contributed by atoms with Crippen molar-refractivity contribution in [3.05, 3.63) is 36.0 Å². The van der Waals surface area contributed by atoms with E-state index in [1.807, 2.05) is 31.3 Å². The normalized spacial score (nSPS) is 11.1. The number of nitrogens with one attached hydrogen (secondary N) is 1. The van der Waals surface area contributed by atoms with Crippen LogP contribution in [0.5, 0.6) is 5.75 Å². The fraction of sp³-hybridized carbons (Fsp3) is 0.200. The molecule has 1 rings (SSSR count). The summed E-state index contributed by atoms with van der Waals surface area (Å²) in [5, 5.41) is 2.88. The lowest BCUT2D eigenvalue weighted by atomic mass is 10.2. The molecule has 0 aromatic heterocycles. The maximum absolute atomic E-state index is 5.75. The molecule has 0 unspecified atom stereocenters. The van der Waals surface area contributed by atoms with Crippen LogP contribution in [-0.2, 0) is 0 Å². The molecule has 1 aromatic carbocycles. The van der Waals surface area contributed by atoms with E-state index in [-0.39, 0.29) is 0 Å². The highest BCUT2D eigenvalue weighted by Crippen LogP contribution is 2.14. The Bertz CT molecular complexity index is 290. The molecule has 0 aliphatic heterocycles. The molecule has 0 saturated carbocycles. The van der Waals surface area contributed by atoms with Crippen LogP contribution in [0.2, 0.25) is 0 Å². The zero-order valence-corrected chi connectivity index (χ0v) is 7.87. The van der Waals surface area contributed by atoms with E-state index in [1.54, 1.807) is 13.3 Å². The molecule has 3 nitrogen and oxygen atoms in total. The van der Waals surface area contributed by atoms with Crippen LogP contribution >= 0.6 is 0 Å². The monoisotopic (exact) mass is 178 g/mol. The van der Waals surface area contributed by atoms with E-state index in [0.717, 1.165) is 11.3 Å². The van der Waals surface area contributed by atoms with E-state index in [0.29, 0.717) is 5.70 Å². The molecule has 0 aliphatic carbocycles. The summed E-state index contributed by atoms with van der Waals surface area (Å²) in [6.07, 6.45) is 1.75.